The van der Waals surface area contributed by atoms with Gasteiger partial charge in [-0.15, -0.1) is 0 Å². The van der Waals surface area contributed by atoms with Gasteiger partial charge in [-0.1, -0.05) is 64.2 Å². The molecule has 2 heteroatoms. The van der Waals surface area contributed by atoms with Gasteiger partial charge in [0.2, 0.25) is 0 Å². The molecule has 0 atom stereocenters. The number of rotatable bonds is 14. The van der Waals surface area contributed by atoms with Gasteiger partial charge < -0.3 is 4.79 Å². The van der Waals surface area contributed by atoms with Crippen LogP contribution in [0.25, 0.3) is 0 Å². The van der Waals surface area contributed by atoms with Crippen molar-refractivity contribution in [3.63, 3.8) is 0 Å². The van der Waals surface area contributed by atoms with E-state index in [4.69, 9.17) is 5.26 Å². The molecule has 0 spiro atoms. The van der Waals surface area contributed by atoms with Gasteiger partial charge in [0.05, 0.1) is 6.07 Å². The third-order valence-electron chi connectivity index (χ3n) is 3.36. The minimum atomic E-state index is 0.726. The molecular weight excluding hydrogens is 222 g/mol. The number of carbonyl (C=O) groups excluding carboxylic acids is 1. The molecule has 0 aliphatic rings. The highest BCUT2D eigenvalue weighted by Crippen LogP contribution is 2.12. The average molecular weight is 251 g/mol. The van der Waals surface area contributed by atoms with E-state index < -0.39 is 0 Å². The van der Waals surface area contributed by atoms with Gasteiger partial charge in [-0.25, -0.2) is 0 Å². The summed E-state index contributed by atoms with van der Waals surface area (Å²) in [6.45, 7) is 0. The van der Waals surface area contributed by atoms with Gasteiger partial charge in [0.25, 0.3) is 0 Å². The van der Waals surface area contributed by atoms with Crippen molar-refractivity contribution in [2.75, 3.05) is 0 Å². The molecule has 104 valence electrons. The van der Waals surface area contributed by atoms with Gasteiger partial charge in [-0.3, -0.25) is 0 Å². The van der Waals surface area contributed by atoms with Crippen LogP contribution in [-0.4, -0.2) is 6.29 Å². The number of aldehydes is 1. The maximum absolute atomic E-state index is 10.1. The Morgan fingerprint density at radius 2 is 1.06 bits per heavy atom. The minimum absolute atomic E-state index is 0.726. The van der Waals surface area contributed by atoms with Crippen LogP contribution in [0, 0.1) is 11.3 Å². The fraction of sp³-hybridized carbons (Fsp3) is 0.875. The lowest BCUT2D eigenvalue weighted by Gasteiger charge is -2.02. The summed E-state index contributed by atoms with van der Waals surface area (Å²) >= 11 is 0. The van der Waals surface area contributed by atoms with E-state index in [1.165, 1.54) is 64.2 Å². The highest BCUT2D eigenvalue weighted by Gasteiger charge is 1.93. The van der Waals surface area contributed by atoms with Crippen LogP contribution in [0.15, 0.2) is 0 Å². The van der Waals surface area contributed by atoms with Crippen LogP contribution < -0.4 is 0 Å². The molecule has 0 rings (SSSR count). The van der Waals surface area contributed by atoms with Crippen molar-refractivity contribution < 1.29 is 4.79 Å². The molecule has 0 N–H and O–H groups in total. The maximum Gasteiger partial charge on any atom is 0.119 e. The Morgan fingerprint density at radius 1 is 0.667 bits per heavy atom. The van der Waals surface area contributed by atoms with E-state index in [9.17, 15) is 4.79 Å². The van der Waals surface area contributed by atoms with Crippen LogP contribution in [0.4, 0.5) is 0 Å². The van der Waals surface area contributed by atoms with Crippen molar-refractivity contribution in [3.05, 3.63) is 0 Å². The van der Waals surface area contributed by atoms with Crippen LogP contribution in [-0.2, 0) is 4.79 Å². The van der Waals surface area contributed by atoms with Gasteiger partial charge in [0, 0.05) is 12.8 Å². The number of nitrogens with zero attached hydrogens (tertiary/aromatic N) is 1. The zero-order chi connectivity index (χ0) is 13.3. The van der Waals surface area contributed by atoms with E-state index in [1.54, 1.807) is 0 Å². The third-order valence-corrected chi connectivity index (χ3v) is 3.36. The van der Waals surface area contributed by atoms with Crippen molar-refractivity contribution in [2.24, 2.45) is 0 Å². The van der Waals surface area contributed by atoms with Crippen molar-refractivity contribution in [1.82, 2.24) is 0 Å². The molecule has 0 amide bonds. The zero-order valence-electron chi connectivity index (χ0n) is 11.8. The molecule has 0 unspecified atom stereocenters. The molecule has 0 aliphatic heterocycles. The van der Waals surface area contributed by atoms with E-state index in [0.717, 1.165) is 32.0 Å². The Bertz CT molecular complexity index is 208. The number of nitriles is 1. The lowest BCUT2D eigenvalue weighted by Crippen LogP contribution is -1.83. The molecule has 0 saturated heterocycles. The second kappa shape index (κ2) is 16.2. The molecule has 0 saturated carbocycles. The first kappa shape index (κ1) is 17.2. The van der Waals surface area contributed by atoms with Crippen LogP contribution in [0.5, 0.6) is 0 Å². The summed E-state index contributed by atoms with van der Waals surface area (Å²) in [5.74, 6) is 0. The molecule has 0 aromatic heterocycles. The molecule has 18 heavy (non-hydrogen) atoms. The Labute approximate surface area is 113 Å². The van der Waals surface area contributed by atoms with Gasteiger partial charge >= 0.3 is 0 Å². The number of unbranched alkanes of at least 4 members (excludes halogenated alkanes) is 13. The van der Waals surface area contributed by atoms with Crippen LogP contribution >= 0.6 is 0 Å². The average Bonchev–Trinajstić information content (AvgIpc) is 2.39. The monoisotopic (exact) mass is 251 g/mol. The normalized spacial score (nSPS) is 10.2. The van der Waals surface area contributed by atoms with E-state index >= 15 is 0 Å². The predicted molar refractivity (Wildman–Crippen MR) is 76.3 cm³/mol. The number of hydrogen-bond acceptors (Lipinski definition) is 2. The van der Waals surface area contributed by atoms with Gasteiger partial charge in [0.1, 0.15) is 6.29 Å². The molecular formula is C16H29NO. The maximum atomic E-state index is 10.1. The van der Waals surface area contributed by atoms with Crippen molar-refractivity contribution >= 4 is 6.29 Å². The fourth-order valence-corrected chi connectivity index (χ4v) is 2.20. The first-order chi connectivity index (χ1) is 8.91. The van der Waals surface area contributed by atoms with E-state index in [0.29, 0.717) is 0 Å². The van der Waals surface area contributed by atoms with Crippen molar-refractivity contribution in [1.29, 1.82) is 5.26 Å². The summed E-state index contributed by atoms with van der Waals surface area (Å²) in [5.41, 5.74) is 0. The molecule has 2 nitrogen and oxygen atoms in total. The Morgan fingerprint density at radius 3 is 1.44 bits per heavy atom. The summed E-state index contributed by atoms with van der Waals surface area (Å²) in [4.78, 5) is 10.1. The number of carbonyl (C=O) groups is 1. The Hall–Kier alpha value is -0.840. The molecule has 0 aliphatic carbocycles. The second-order valence-electron chi connectivity index (χ2n) is 5.11. The topological polar surface area (TPSA) is 40.9 Å². The third kappa shape index (κ3) is 15.2. The SMILES string of the molecule is N#CCCCCCCCCCCCCCCC=O. The zero-order valence-corrected chi connectivity index (χ0v) is 11.8. The van der Waals surface area contributed by atoms with Crippen molar-refractivity contribution in [3.8, 4) is 6.07 Å². The van der Waals surface area contributed by atoms with Gasteiger partial charge in [0.15, 0.2) is 0 Å². The molecule has 0 aromatic carbocycles. The summed E-state index contributed by atoms with van der Waals surface area (Å²) in [7, 11) is 0. The van der Waals surface area contributed by atoms with Crippen molar-refractivity contribution in [2.45, 2.75) is 89.9 Å². The summed E-state index contributed by atoms with van der Waals surface area (Å²) in [6, 6.07) is 2.19. The van der Waals surface area contributed by atoms with Gasteiger partial charge in [-0.2, -0.15) is 5.26 Å². The fourth-order valence-electron chi connectivity index (χ4n) is 2.20. The van der Waals surface area contributed by atoms with Gasteiger partial charge in [-0.05, 0) is 12.8 Å². The number of hydrogen-bond donors (Lipinski definition) is 0. The van der Waals surface area contributed by atoms with Crippen LogP contribution in [0.1, 0.15) is 89.9 Å². The largest absolute Gasteiger partial charge is 0.303 e. The molecule has 0 aromatic rings. The first-order valence-electron chi connectivity index (χ1n) is 7.72. The minimum Gasteiger partial charge on any atom is -0.303 e. The first-order valence-corrected chi connectivity index (χ1v) is 7.72. The standard InChI is InChI=1S/C16H29NO/c17-15-13-11-9-7-5-3-1-2-4-6-8-10-12-14-16-18/h16H,1-14H2. The Balaban J connectivity index is 2.90. The lowest BCUT2D eigenvalue weighted by molar-refractivity contribution is -0.107. The highest BCUT2D eigenvalue weighted by molar-refractivity contribution is 5.48. The summed E-state index contributed by atoms with van der Waals surface area (Å²) in [6.07, 6.45) is 17.8. The summed E-state index contributed by atoms with van der Waals surface area (Å²) < 4.78 is 0. The molecule has 0 bridgehead atoms. The molecule has 0 fully saturated rings. The summed E-state index contributed by atoms with van der Waals surface area (Å²) in [5, 5.41) is 8.39. The lowest BCUT2D eigenvalue weighted by atomic mass is 10.0. The van der Waals surface area contributed by atoms with Crippen LogP contribution in [0.3, 0.4) is 0 Å². The second-order valence-corrected chi connectivity index (χ2v) is 5.11. The molecule has 0 radical (unpaired) electrons. The highest BCUT2D eigenvalue weighted by atomic mass is 16.1. The predicted octanol–water partition coefficient (Wildman–Crippen LogP) is 5.17. The Kier molecular flexibility index (Phi) is 15.4. The smallest absolute Gasteiger partial charge is 0.119 e. The van der Waals surface area contributed by atoms with Crippen LogP contribution in [0.2, 0.25) is 0 Å². The van der Waals surface area contributed by atoms with E-state index in [2.05, 4.69) is 6.07 Å². The quantitative estimate of drug-likeness (QED) is 0.315. The molecule has 0 heterocycles. The van der Waals surface area contributed by atoms with E-state index in [-0.39, 0.29) is 0 Å². The van der Waals surface area contributed by atoms with E-state index in [1.807, 2.05) is 0 Å².